The van der Waals surface area contributed by atoms with Gasteiger partial charge in [-0.15, -0.1) is 0 Å². The molecule has 1 aliphatic rings. The van der Waals surface area contributed by atoms with E-state index < -0.39 is 54.3 Å². The number of carboxylic acid groups (broad SMARTS) is 1. The van der Waals surface area contributed by atoms with Gasteiger partial charge in [-0.1, -0.05) is 40.5 Å². The van der Waals surface area contributed by atoms with Crippen molar-refractivity contribution in [1.82, 2.24) is 20.9 Å². The molecule has 1 fully saturated rings. The lowest BCUT2D eigenvalue weighted by atomic mass is 9.94. The summed E-state index contributed by atoms with van der Waals surface area (Å²) >= 11 is 0. The standard InChI is InChI=1S/C21H37N5O6/c1-5-12(3)17(24-15(27)10-22)20(31)25-18(13(4)6-2)21(32)26-9-7-8-14(26)19(30)23-11-16(28)29/h12-14,17-18H,5-11,22H2,1-4H3,(H,23,30)(H,24,27)(H,25,31)(H,28,29)/t12-,13-,14-,17-,18-/m0/s1. The lowest BCUT2D eigenvalue weighted by molar-refractivity contribution is -0.144. The highest BCUT2D eigenvalue weighted by molar-refractivity contribution is 5.95. The van der Waals surface area contributed by atoms with Gasteiger partial charge in [0.15, 0.2) is 0 Å². The molecule has 11 nitrogen and oxygen atoms in total. The molecule has 182 valence electrons. The first-order valence-electron chi connectivity index (χ1n) is 11.2. The summed E-state index contributed by atoms with van der Waals surface area (Å²) in [5.74, 6) is -3.45. The number of rotatable bonds is 12. The van der Waals surface area contributed by atoms with E-state index >= 15 is 0 Å². The Morgan fingerprint density at radius 3 is 2.16 bits per heavy atom. The number of amides is 4. The van der Waals surface area contributed by atoms with Crippen LogP contribution in [0, 0.1) is 11.8 Å². The van der Waals surface area contributed by atoms with Gasteiger partial charge in [0.2, 0.25) is 23.6 Å². The Morgan fingerprint density at radius 1 is 1.03 bits per heavy atom. The number of carbonyl (C=O) groups is 5. The minimum atomic E-state index is -1.17. The molecule has 0 unspecified atom stereocenters. The second kappa shape index (κ2) is 13.0. The molecule has 0 saturated carbocycles. The Kier molecular flexibility index (Phi) is 11.1. The third-order valence-corrected chi connectivity index (χ3v) is 6.03. The average Bonchev–Trinajstić information content (AvgIpc) is 3.27. The molecular weight excluding hydrogens is 418 g/mol. The highest BCUT2D eigenvalue weighted by Gasteiger charge is 2.40. The van der Waals surface area contributed by atoms with Crippen LogP contribution in [0.2, 0.25) is 0 Å². The van der Waals surface area contributed by atoms with Crippen molar-refractivity contribution >= 4 is 29.6 Å². The van der Waals surface area contributed by atoms with E-state index in [9.17, 15) is 24.0 Å². The zero-order chi connectivity index (χ0) is 24.4. The van der Waals surface area contributed by atoms with Gasteiger partial charge in [0.25, 0.3) is 0 Å². The zero-order valence-corrected chi connectivity index (χ0v) is 19.3. The van der Waals surface area contributed by atoms with Crippen molar-refractivity contribution in [3.05, 3.63) is 0 Å². The van der Waals surface area contributed by atoms with Crippen molar-refractivity contribution in [2.45, 2.75) is 71.5 Å². The number of carbonyl (C=O) groups excluding carboxylic acids is 4. The summed E-state index contributed by atoms with van der Waals surface area (Å²) in [5, 5.41) is 16.5. The topological polar surface area (TPSA) is 171 Å². The average molecular weight is 456 g/mol. The largest absolute Gasteiger partial charge is 0.480 e. The lowest BCUT2D eigenvalue weighted by Crippen LogP contribution is -2.59. The highest BCUT2D eigenvalue weighted by atomic mass is 16.4. The number of hydrogen-bond acceptors (Lipinski definition) is 6. The van der Waals surface area contributed by atoms with E-state index in [2.05, 4.69) is 16.0 Å². The molecule has 4 amide bonds. The number of aliphatic carboxylic acids is 1. The van der Waals surface area contributed by atoms with E-state index in [0.29, 0.717) is 32.2 Å². The molecule has 1 heterocycles. The molecule has 0 aromatic carbocycles. The normalized spacial score (nSPS) is 19.4. The predicted molar refractivity (Wildman–Crippen MR) is 117 cm³/mol. The second-order valence-electron chi connectivity index (χ2n) is 8.31. The third kappa shape index (κ3) is 7.47. The van der Waals surface area contributed by atoms with E-state index in [1.54, 1.807) is 0 Å². The quantitative estimate of drug-likeness (QED) is 0.256. The molecule has 1 rings (SSSR count). The third-order valence-electron chi connectivity index (χ3n) is 6.03. The monoisotopic (exact) mass is 455 g/mol. The minimum Gasteiger partial charge on any atom is -0.480 e. The van der Waals surface area contributed by atoms with Crippen LogP contribution in [0.3, 0.4) is 0 Å². The van der Waals surface area contributed by atoms with Gasteiger partial charge in [-0.2, -0.15) is 0 Å². The Morgan fingerprint density at radius 2 is 1.62 bits per heavy atom. The molecule has 32 heavy (non-hydrogen) atoms. The number of nitrogens with two attached hydrogens (primary N) is 1. The number of nitrogens with zero attached hydrogens (tertiary/aromatic N) is 1. The molecule has 11 heteroatoms. The summed E-state index contributed by atoms with van der Waals surface area (Å²) in [7, 11) is 0. The fourth-order valence-corrected chi connectivity index (χ4v) is 3.62. The number of nitrogens with one attached hydrogen (secondary N) is 3. The highest BCUT2D eigenvalue weighted by Crippen LogP contribution is 2.22. The lowest BCUT2D eigenvalue weighted by Gasteiger charge is -2.33. The Bertz CT molecular complexity index is 700. The van der Waals surface area contributed by atoms with Crippen LogP contribution in [0.5, 0.6) is 0 Å². The second-order valence-corrected chi connectivity index (χ2v) is 8.31. The summed E-state index contributed by atoms with van der Waals surface area (Å²) in [6.07, 6.45) is 2.24. The molecular formula is C21H37N5O6. The van der Waals surface area contributed by atoms with Crippen molar-refractivity contribution in [3.8, 4) is 0 Å². The Balaban J connectivity index is 3.04. The first kappa shape index (κ1) is 27.3. The maximum atomic E-state index is 13.4. The molecule has 0 radical (unpaired) electrons. The smallest absolute Gasteiger partial charge is 0.322 e. The molecule has 0 aliphatic carbocycles. The number of hydrogen-bond donors (Lipinski definition) is 5. The van der Waals surface area contributed by atoms with Crippen molar-refractivity contribution in [1.29, 1.82) is 0 Å². The van der Waals surface area contributed by atoms with Crippen LogP contribution in [0.4, 0.5) is 0 Å². The van der Waals surface area contributed by atoms with Gasteiger partial charge in [0.05, 0.1) is 6.54 Å². The van der Waals surface area contributed by atoms with Crippen LogP contribution in [-0.2, 0) is 24.0 Å². The molecule has 1 aliphatic heterocycles. The van der Waals surface area contributed by atoms with Gasteiger partial charge in [0, 0.05) is 6.54 Å². The maximum absolute atomic E-state index is 13.4. The van der Waals surface area contributed by atoms with Crippen LogP contribution in [0.15, 0.2) is 0 Å². The molecule has 0 aromatic rings. The fraction of sp³-hybridized carbons (Fsp3) is 0.762. The zero-order valence-electron chi connectivity index (χ0n) is 19.3. The van der Waals surface area contributed by atoms with Crippen LogP contribution >= 0.6 is 0 Å². The van der Waals surface area contributed by atoms with E-state index in [-0.39, 0.29) is 18.4 Å². The van der Waals surface area contributed by atoms with Crippen LogP contribution in [0.1, 0.15) is 53.4 Å². The van der Waals surface area contributed by atoms with Crippen molar-refractivity contribution < 1.29 is 29.1 Å². The number of carboxylic acids is 1. The maximum Gasteiger partial charge on any atom is 0.322 e. The Hall–Kier alpha value is -2.69. The van der Waals surface area contributed by atoms with E-state index in [4.69, 9.17) is 10.8 Å². The molecule has 0 spiro atoms. The molecule has 5 atom stereocenters. The molecule has 6 N–H and O–H groups in total. The van der Waals surface area contributed by atoms with Gasteiger partial charge in [-0.05, 0) is 24.7 Å². The van der Waals surface area contributed by atoms with E-state index in [1.807, 2.05) is 27.7 Å². The summed E-state index contributed by atoms with van der Waals surface area (Å²) in [6.45, 7) is 6.99. The molecule has 1 saturated heterocycles. The Labute approximate surface area is 188 Å². The van der Waals surface area contributed by atoms with Crippen molar-refractivity contribution in [3.63, 3.8) is 0 Å². The van der Waals surface area contributed by atoms with Crippen molar-refractivity contribution in [2.75, 3.05) is 19.6 Å². The van der Waals surface area contributed by atoms with Crippen LogP contribution in [-0.4, -0.2) is 77.4 Å². The first-order chi connectivity index (χ1) is 15.1. The number of likely N-dealkylation sites (tertiary alicyclic amines) is 1. The minimum absolute atomic E-state index is 0.181. The van der Waals surface area contributed by atoms with Gasteiger partial charge >= 0.3 is 5.97 Å². The first-order valence-corrected chi connectivity index (χ1v) is 11.2. The van der Waals surface area contributed by atoms with Gasteiger partial charge < -0.3 is 31.7 Å². The molecule has 0 bridgehead atoms. The summed E-state index contributed by atoms with van der Waals surface area (Å²) in [5.41, 5.74) is 5.37. The van der Waals surface area contributed by atoms with Crippen LogP contribution in [0.25, 0.3) is 0 Å². The summed E-state index contributed by atoms with van der Waals surface area (Å²) < 4.78 is 0. The molecule has 0 aromatic heterocycles. The SMILES string of the molecule is CC[C@H](C)[C@H](NC(=O)CN)C(=O)N[C@H](C(=O)N1CCC[C@H]1C(=O)NCC(=O)O)[C@@H](C)CC. The van der Waals surface area contributed by atoms with Crippen molar-refractivity contribution in [2.24, 2.45) is 17.6 Å². The van der Waals surface area contributed by atoms with Gasteiger partial charge in [-0.25, -0.2) is 0 Å². The van der Waals surface area contributed by atoms with E-state index in [1.165, 1.54) is 4.90 Å². The van der Waals surface area contributed by atoms with Gasteiger partial charge in [0.1, 0.15) is 24.7 Å². The fourth-order valence-electron chi connectivity index (χ4n) is 3.62. The van der Waals surface area contributed by atoms with Gasteiger partial charge in [-0.3, -0.25) is 24.0 Å². The van der Waals surface area contributed by atoms with Crippen LogP contribution < -0.4 is 21.7 Å². The summed E-state index contributed by atoms with van der Waals surface area (Å²) in [4.78, 5) is 62.8. The predicted octanol–water partition coefficient (Wildman–Crippen LogP) is -0.801. The summed E-state index contributed by atoms with van der Waals surface area (Å²) in [6, 6.07) is -2.52. The van der Waals surface area contributed by atoms with E-state index in [0.717, 1.165) is 0 Å².